The molecule has 2 N–H and O–H groups in total. The molecular formula is C19H14N4O2. The number of nitrogens with zero attached hydrogens (tertiary/aromatic N) is 3. The Hall–Kier alpha value is -3.54. The third kappa shape index (κ3) is 2.85. The highest BCUT2D eigenvalue weighted by molar-refractivity contribution is 6.10. The Kier molecular flexibility index (Phi) is 3.70. The molecule has 0 saturated carbocycles. The average Bonchev–Trinajstić information content (AvgIpc) is 2.66. The molecule has 0 bridgehead atoms. The zero-order chi connectivity index (χ0) is 17.2. The quantitative estimate of drug-likeness (QED) is 0.557. The van der Waals surface area contributed by atoms with Crippen molar-refractivity contribution in [3.8, 4) is 0 Å². The number of pyridine rings is 3. The number of hydrogen-bond acceptors (Lipinski definition) is 5. The van der Waals surface area contributed by atoms with Crippen LogP contribution in [0, 0.1) is 0 Å². The third-order valence-electron chi connectivity index (χ3n) is 4.01. The summed E-state index contributed by atoms with van der Waals surface area (Å²) in [6.45, 7) is 0.523. The van der Waals surface area contributed by atoms with Crippen molar-refractivity contribution in [3.63, 3.8) is 0 Å². The number of fused-ring (bicyclic) bond motifs is 3. The van der Waals surface area contributed by atoms with Crippen molar-refractivity contribution in [2.75, 3.05) is 5.32 Å². The summed E-state index contributed by atoms with van der Waals surface area (Å²) in [6, 6.07) is 12.6. The van der Waals surface area contributed by atoms with Gasteiger partial charge < -0.3 is 10.4 Å². The van der Waals surface area contributed by atoms with E-state index in [4.69, 9.17) is 0 Å². The molecule has 3 heterocycles. The second-order valence-corrected chi connectivity index (χ2v) is 5.59. The summed E-state index contributed by atoms with van der Waals surface area (Å²) < 4.78 is 0. The van der Waals surface area contributed by atoms with Gasteiger partial charge in [-0.2, -0.15) is 0 Å². The summed E-state index contributed by atoms with van der Waals surface area (Å²) in [4.78, 5) is 24.4. The fourth-order valence-corrected chi connectivity index (χ4v) is 2.79. The van der Waals surface area contributed by atoms with Gasteiger partial charge in [0.15, 0.2) is 0 Å². The van der Waals surface area contributed by atoms with E-state index < -0.39 is 5.97 Å². The molecule has 1 aromatic carbocycles. The number of hydrogen-bond donors (Lipinski definition) is 2. The molecule has 3 aromatic heterocycles. The number of aromatic nitrogens is 3. The number of rotatable bonds is 4. The van der Waals surface area contributed by atoms with Gasteiger partial charge in [0.25, 0.3) is 0 Å². The van der Waals surface area contributed by atoms with Crippen molar-refractivity contribution in [1.82, 2.24) is 15.0 Å². The Labute approximate surface area is 143 Å². The maximum atomic E-state index is 11.2. The molecule has 122 valence electrons. The highest BCUT2D eigenvalue weighted by Gasteiger charge is 2.11. The maximum Gasteiger partial charge on any atom is 0.335 e. The van der Waals surface area contributed by atoms with Crippen LogP contribution in [0.15, 0.2) is 61.1 Å². The molecule has 0 spiro atoms. The molecule has 0 aliphatic rings. The van der Waals surface area contributed by atoms with Crippen molar-refractivity contribution in [1.29, 1.82) is 0 Å². The van der Waals surface area contributed by atoms with Crippen LogP contribution in [0.3, 0.4) is 0 Å². The molecule has 4 aromatic rings. The molecular weight excluding hydrogens is 316 g/mol. The minimum atomic E-state index is -0.974. The Morgan fingerprint density at radius 2 is 1.96 bits per heavy atom. The molecule has 4 rings (SSSR count). The van der Waals surface area contributed by atoms with Gasteiger partial charge in [-0.25, -0.2) is 9.78 Å². The summed E-state index contributed by atoms with van der Waals surface area (Å²) >= 11 is 0. The fourth-order valence-electron chi connectivity index (χ4n) is 2.79. The summed E-state index contributed by atoms with van der Waals surface area (Å²) in [5.41, 5.74) is 1.72. The normalized spacial score (nSPS) is 10.9. The van der Waals surface area contributed by atoms with Crippen molar-refractivity contribution < 1.29 is 9.90 Å². The lowest BCUT2D eigenvalue weighted by molar-refractivity contribution is 0.0697. The predicted molar refractivity (Wildman–Crippen MR) is 95.6 cm³/mol. The molecule has 0 saturated heterocycles. The van der Waals surface area contributed by atoms with Crippen molar-refractivity contribution >= 4 is 33.5 Å². The summed E-state index contributed by atoms with van der Waals surface area (Å²) in [5, 5.41) is 15.2. The number of aromatic carboxylic acids is 1. The van der Waals surface area contributed by atoms with Crippen LogP contribution in [-0.4, -0.2) is 26.0 Å². The Bertz CT molecular complexity index is 1080. The van der Waals surface area contributed by atoms with Crippen molar-refractivity contribution in [2.45, 2.75) is 6.54 Å². The SMILES string of the molecule is O=C(O)c1ccc2c(c1)nc(NCc1ccccn1)c1ccncc12. The Balaban J connectivity index is 1.84. The van der Waals surface area contributed by atoms with E-state index in [1.807, 2.05) is 24.3 Å². The molecule has 6 heteroatoms. The van der Waals surface area contributed by atoms with Crippen LogP contribution in [0.4, 0.5) is 5.82 Å². The highest BCUT2D eigenvalue weighted by Crippen LogP contribution is 2.29. The summed E-state index contributed by atoms with van der Waals surface area (Å²) in [5.74, 6) is -0.295. The van der Waals surface area contributed by atoms with Crippen molar-refractivity contribution in [3.05, 3.63) is 72.3 Å². The molecule has 0 radical (unpaired) electrons. The van der Waals surface area contributed by atoms with E-state index in [0.717, 1.165) is 21.9 Å². The minimum absolute atomic E-state index is 0.207. The topological polar surface area (TPSA) is 88.0 Å². The number of carbonyl (C=O) groups is 1. The van der Waals surface area contributed by atoms with Gasteiger partial charge in [0.2, 0.25) is 0 Å². The first-order valence-corrected chi connectivity index (χ1v) is 7.77. The number of benzene rings is 1. The standard InChI is InChI=1S/C19H14N4O2/c24-19(25)12-4-5-14-16-11-20-8-6-15(16)18(23-17(14)9-12)22-10-13-3-1-2-7-21-13/h1-9,11H,10H2,(H,22,23)(H,24,25). The number of anilines is 1. The van der Waals surface area contributed by atoms with Gasteiger partial charge in [-0.15, -0.1) is 0 Å². The fraction of sp³-hybridized carbons (Fsp3) is 0.0526. The predicted octanol–water partition coefficient (Wildman–Crippen LogP) is 3.49. The third-order valence-corrected chi connectivity index (χ3v) is 4.01. The zero-order valence-corrected chi connectivity index (χ0v) is 13.2. The minimum Gasteiger partial charge on any atom is -0.478 e. The molecule has 0 aliphatic carbocycles. The Morgan fingerprint density at radius 3 is 2.76 bits per heavy atom. The van der Waals surface area contributed by atoms with Crippen LogP contribution < -0.4 is 5.32 Å². The van der Waals surface area contributed by atoms with E-state index in [1.54, 1.807) is 36.8 Å². The molecule has 6 nitrogen and oxygen atoms in total. The molecule has 0 aliphatic heterocycles. The smallest absolute Gasteiger partial charge is 0.335 e. The van der Waals surface area contributed by atoms with E-state index in [2.05, 4.69) is 20.3 Å². The van der Waals surface area contributed by atoms with Gasteiger partial charge in [-0.05, 0) is 30.3 Å². The van der Waals surface area contributed by atoms with Crippen LogP contribution in [0.1, 0.15) is 16.1 Å². The number of carboxylic acid groups (broad SMARTS) is 1. The molecule has 0 amide bonds. The first kappa shape index (κ1) is 15.0. The van der Waals surface area contributed by atoms with Crippen LogP contribution in [0.5, 0.6) is 0 Å². The van der Waals surface area contributed by atoms with Crippen LogP contribution in [0.25, 0.3) is 21.7 Å². The maximum absolute atomic E-state index is 11.2. The van der Waals surface area contributed by atoms with Gasteiger partial charge in [0.1, 0.15) is 5.82 Å². The van der Waals surface area contributed by atoms with Gasteiger partial charge in [-0.3, -0.25) is 9.97 Å². The number of carboxylic acids is 1. The van der Waals surface area contributed by atoms with Crippen LogP contribution in [0.2, 0.25) is 0 Å². The summed E-state index contributed by atoms with van der Waals surface area (Å²) in [6.07, 6.45) is 5.23. The summed E-state index contributed by atoms with van der Waals surface area (Å²) in [7, 11) is 0. The first-order valence-electron chi connectivity index (χ1n) is 7.77. The number of nitrogens with one attached hydrogen (secondary N) is 1. The van der Waals surface area contributed by atoms with E-state index >= 15 is 0 Å². The van der Waals surface area contributed by atoms with Crippen molar-refractivity contribution in [2.24, 2.45) is 0 Å². The lowest BCUT2D eigenvalue weighted by Gasteiger charge is -2.11. The average molecular weight is 330 g/mol. The Morgan fingerprint density at radius 1 is 1.04 bits per heavy atom. The second-order valence-electron chi connectivity index (χ2n) is 5.59. The second kappa shape index (κ2) is 6.16. The largest absolute Gasteiger partial charge is 0.478 e. The zero-order valence-electron chi connectivity index (χ0n) is 13.2. The molecule has 25 heavy (non-hydrogen) atoms. The van der Waals surface area contributed by atoms with Crippen LogP contribution in [-0.2, 0) is 6.54 Å². The van der Waals surface area contributed by atoms with Crippen LogP contribution >= 0.6 is 0 Å². The first-order chi connectivity index (χ1) is 12.2. The van der Waals surface area contributed by atoms with Gasteiger partial charge in [-0.1, -0.05) is 12.1 Å². The van der Waals surface area contributed by atoms with Gasteiger partial charge >= 0.3 is 5.97 Å². The molecule has 0 fully saturated rings. The van der Waals surface area contributed by atoms with Gasteiger partial charge in [0, 0.05) is 34.7 Å². The molecule has 0 atom stereocenters. The van der Waals surface area contributed by atoms with E-state index in [0.29, 0.717) is 17.9 Å². The lowest BCUT2D eigenvalue weighted by Crippen LogP contribution is -2.04. The molecule has 0 unspecified atom stereocenters. The van der Waals surface area contributed by atoms with E-state index in [1.165, 1.54) is 0 Å². The van der Waals surface area contributed by atoms with E-state index in [-0.39, 0.29) is 5.56 Å². The highest BCUT2D eigenvalue weighted by atomic mass is 16.4. The monoisotopic (exact) mass is 330 g/mol. The van der Waals surface area contributed by atoms with E-state index in [9.17, 15) is 9.90 Å². The lowest BCUT2D eigenvalue weighted by atomic mass is 10.1. The van der Waals surface area contributed by atoms with Gasteiger partial charge in [0.05, 0.1) is 23.3 Å².